The molecule has 0 aliphatic carbocycles. The minimum absolute atomic E-state index is 0.0225. The van der Waals surface area contributed by atoms with Crippen LogP contribution in [0.1, 0.15) is 37.1 Å². The molecule has 1 saturated heterocycles. The number of benzene rings is 2. The van der Waals surface area contributed by atoms with Gasteiger partial charge < -0.3 is 24.1 Å². The van der Waals surface area contributed by atoms with Gasteiger partial charge in [0.2, 0.25) is 17.6 Å². The lowest BCUT2D eigenvalue weighted by molar-refractivity contribution is -0.121. The molecule has 1 amide bonds. The number of aromatic nitrogens is 2. The zero-order valence-corrected chi connectivity index (χ0v) is 19.7. The number of hydrogen-bond acceptors (Lipinski definition) is 7. The van der Waals surface area contributed by atoms with Crippen molar-refractivity contribution in [2.75, 3.05) is 34.0 Å². The normalized spacial score (nSPS) is 15.0. The van der Waals surface area contributed by atoms with E-state index >= 15 is 0 Å². The molecular weight excluding hydrogens is 434 g/mol. The largest absolute Gasteiger partial charge is 0.497 e. The van der Waals surface area contributed by atoms with Gasteiger partial charge in [0, 0.05) is 43.6 Å². The fraction of sp³-hybridized carbons (Fsp3) is 0.423. The summed E-state index contributed by atoms with van der Waals surface area (Å²) in [6.45, 7) is 1.97. The number of carbonyl (C=O) groups is 1. The van der Waals surface area contributed by atoms with E-state index in [4.69, 9.17) is 18.7 Å². The average molecular weight is 466 g/mol. The fourth-order valence-corrected chi connectivity index (χ4v) is 4.24. The van der Waals surface area contributed by atoms with Crippen LogP contribution in [0.3, 0.4) is 0 Å². The summed E-state index contributed by atoms with van der Waals surface area (Å²) in [5.74, 6) is 2.68. The van der Waals surface area contributed by atoms with Gasteiger partial charge in [0.25, 0.3) is 0 Å². The van der Waals surface area contributed by atoms with E-state index in [2.05, 4.69) is 27.6 Å². The molecule has 1 fully saturated rings. The first kappa shape index (κ1) is 23.8. The number of aryl methyl sites for hydroxylation is 1. The van der Waals surface area contributed by atoms with E-state index in [9.17, 15) is 4.79 Å². The van der Waals surface area contributed by atoms with Crippen molar-refractivity contribution in [2.45, 2.75) is 37.5 Å². The Morgan fingerprint density at radius 1 is 1.00 bits per heavy atom. The van der Waals surface area contributed by atoms with Crippen LogP contribution in [-0.4, -0.2) is 50.0 Å². The Balaban J connectivity index is 1.28. The van der Waals surface area contributed by atoms with E-state index in [0.29, 0.717) is 50.7 Å². The van der Waals surface area contributed by atoms with Crippen LogP contribution in [0.5, 0.6) is 11.5 Å². The highest BCUT2D eigenvalue weighted by Crippen LogP contribution is 2.35. The Kier molecular flexibility index (Phi) is 7.80. The summed E-state index contributed by atoms with van der Waals surface area (Å²) >= 11 is 0. The van der Waals surface area contributed by atoms with Crippen molar-refractivity contribution in [1.29, 1.82) is 0 Å². The first-order valence-corrected chi connectivity index (χ1v) is 11.6. The molecule has 8 heteroatoms. The van der Waals surface area contributed by atoms with Gasteiger partial charge in [-0.3, -0.25) is 4.79 Å². The minimum atomic E-state index is -0.125. The zero-order chi connectivity index (χ0) is 23.8. The van der Waals surface area contributed by atoms with E-state index in [1.54, 1.807) is 14.2 Å². The predicted molar refractivity (Wildman–Crippen MR) is 127 cm³/mol. The monoisotopic (exact) mass is 465 g/mol. The maximum absolute atomic E-state index is 12.6. The van der Waals surface area contributed by atoms with Gasteiger partial charge in [-0.05, 0) is 61.2 Å². The Hall–Kier alpha value is -3.39. The number of carbonyl (C=O) groups excluding carboxylic acids is 1. The van der Waals surface area contributed by atoms with E-state index in [-0.39, 0.29) is 11.3 Å². The van der Waals surface area contributed by atoms with Crippen LogP contribution in [0.4, 0.5) is 0 Å². The van der Waals surface area contributed by atoms with Gasteiger partial charge in [-0.1, -0.05) is 17.3 Å². The molecule has 0 spiro atoms. The number of hydrogen-bond donors (Lipinski definition) is 1. The number of amides is 1. The van der Waals surface area contributed by atoms with Crippen LogP contribution in [0, 0.1) is 0 Å². The number of methoxy groups -OCH3 is 2. The molecule has 3 aromatic rings. The number of rotatable bonds is 10. The predicted octanol–water partition coefficient (Wildman–Crippen LogP) is 3.94. The van der Waals surface area contributed by atoms with Crippen molar-refractivity contribution >= 4 is 5.91 Å². The van der Waals surface area contributed by atoms with Gasteiger partial charge in [-0.2, -0.15) is 4.98 Å². The Morgan fingerprint density at radius 3 is 2.29 bits per heavy atom. The lowest BCUT2D eigenvalue weighted by Crippen LogP contribution is -2.44. The summed E-state index contributed by atoms with van der Waals surface area (Å²) in [7, 11) is 3.29. The molecule has 0 radical (unpaired) electrons. The molecule has 0 unspecified atom stereocenters. The zero-order valence-electron chi connectivity index (χ0n) is 19.7. The van der Waals surface area contributed by atoms with Crippen LogP contribution in [0.2, 0.25) is 0 Å². The highest BCUT2D eigenvalue weighted by Gasteiger charge is 2.34. The summed E-state index contributed by atoms with van der Waals surface area (Å²) < 4.78 is 21.4. The molecule has 0 bridgehead atoms. The molecule has 1 aromatic heterocycles. The third-order valence-corrected chi connectivity index (χ3v) is 6.39. The van der Waals surface area contributed by atoms with Crippen LogP contribution in [0.25, 0.3) is 11.4 Å². The van der Waals surface area contributed by atoms with Crippen LogP contribution >= 0.6 is 0 Å². The van der Waals surface area contributed by atoms with Crippen molar-refractivity contribution in [3.63, 3.8) is 0 Å². The van der Waals surface area contributed by atoms with Crippen molar-refractivity contribution in [2.24, 2.45) is 0 Å². The molecular formula is C26H31N3O5. The van der Waals surface area contributed by atoms with E-state index in [1.807, 2.05) is 36.4 Å². The Labute approximate surface area is 199 Å². The first-order valence-electron chi connectivity index (χ1n) is 11.6. The van der Waals surface area contributed by atoms with E-state index in [0.717, 1.165) is 29.9 Å². The second-order valence-electron chi connectivity index (χ2n) is 8.49. The SMILES string of the molecule is COc1ccc(-c2noc(CCCC(=O)NCC3(c4ccc(OC)cc4)CCOCC3)n2)cc1. The number of nitrogens with zero attached hydrogens (tertiary/aromatic N) is 2. The molecule has 0 saturated carbocycles. The van der Waals surface area contributed by atoms with Gasteiger partial charge in [-0.25, -0.2) is 0 Å². The fourth-order valence-electron chi connectivity index (χ4n) is 4.24. The van der Waals surface area contributed by atoms with Crippen molar-refractivity contribution in [1.82, 2.24) is 15.5 Å². The highest BCUT2D eigenvalue weighted by atomic mass is 16.5. The summed E-state index contributed by atoms with van der Waals surface area (Å²) in [6, 6.07) is 15.6. The maximum atomic E-state index is 12.6. The molecule has 2 heterocycles. The summed E-state index contributed by atoms with van der Waals surface area (Å²) in [4.78, 5) is 17.0. The summed E-state index contributed by atoms with van der Waals surface area (Å²) in [6.07, 6.45) is 3.32. The highest BCUT2D eigenvalue weighted by molar-refractivity contribution is 5.76. The van der Waals surface area contributed by atoms with Gasteiger partial charge in [0.05, 0.1) is 14.2 Å². The van der Waals surface area contributed by atoms with E-state index < -0.39 is 0 Å². The molecule has 1 aliphatic heterocycles. The molecule has 2 aromatic carbocycles. The maximum Gasteiger partial charge on any atom is 0.226 e. The van der Waals surface area contributed by atoms with Crippen molar-refractivity contribution in [3.05, 3.63) is 60.0 Å². The standard InChI is InChI=1S/C26H31N3O5/c1-31-21-10-6-19(7-11-21)25-28-24(34-29-25)5-3-4-23(30)27-18-26(14-16-33-17-15-26)20-8-12-22(32-2)13-9-20/h6-13H,3-5,14-18H2,1-2H3,(H,27,30). The number of nitrogens with one attached hydrogen (secondary N) is 1. The smallest absolute Gasteiger partial charge is 0.226 e. The topological polar surface area (TPSA) is 95.7 Å². The summed E-state index contributed by atoms with van der Waals surface area (Å²) in [5, 5.41) is 7.19. The molecule has 4 rings (SSSR count). The Morgan fingerprint density at radius 2 is 1.65 bits per heavy atom. The molecule has 180 valence electrons. The lowest BCUT2D eigenvalue weighted by Gasteiger charge is -2.38. The summed E-state index contributed by atoms with van der Waals surface area (Å²) in [5.41, 5.74) is 1.93. The van der Waals surface area contributed by atoms with Gasteiger partial charge in [0.15, 0.2) is 0 Å². The lowest BCUT2D eigenvalue weighted by atomic mass is 9.74. The van der Waals surface area contributed by atoms with Crippen molar-refractivity contribution < 1.29 is 23.5 Å². The molecule has 1 N–H and O–H groups in total. The molecule has 34 heavy (non-hydrogen) atoms. The van der Waals surface area contributed by atoms with Gasteiger partial charge >= 0.3 is 0 Å². The number of ether oxygens (including phenoxy) is 3. The quantitative estimate of drug-likeness (QED) is 0.484. The molecule has 0 atom stereocenters. The minimum Gasteiger partial charge on any atom is -0.497 e. The third kappa shape index (κ3) is 5.75. The second-order valence-corrected chi connectivity index (χ2v) is 8.49. The third-order valence-electron chi connectivity index (χ3n) is 6.39. The second kappa shape index (κ2) is 11.2. The van der Waals surface area contributed by atoms with Crippen LogP contribution in [-0.2, 0) is 21.4 Å². The first-order chi connectivity index (χ1) is 16.6. The molecule has 8 nitrogen and oxygen atoms in total. The molecule has 1 aliphatic rings. The van der Waals surface area contributed by atoms with Crippen LogP contribution < -0.4 is 14.8 Å². The average Bonchev–Trinajstić information content (AvgIpc) is 3.37. The van der Waals surface area contributed by atoms with Crippen molar-refractivity contribution in [3.8, 4) is 22.9 Å². The van der Waals surface area contributed by atoms with Gasteiger partial charge in [-0.15, -0.1) is 0 Å². The Bertz CT molecular complexity index is 1060. The van der Waals surface area contributed by atoms with Crippen LogP contribution in [0.15, 0.2) is 53.1 Å². The van der Waals surface area contributed by atoms with Gasteiger partial charge in [0.1, 0.15) is 11.5 Å². The van der Waals surface area contributed by atoms with E-state index in [1.165, 1.54) is 5.56 Å².